The molecule has 0 aromatic carbocycles. The fourth-order valence-corrected chi connectivity index (χ4v) is 7.62. The van der Waals surface area contributed by atoms with Gasteiger partial charge in [-0.1, -0.05) is 6.42 Å². The quantitative estimate of drug-likeness (QED) is 0.835. The molecule has 6 heteroatoms. The summed E-state index contributed by atoms with van der Waals surface area (Å²) in [7, 11) is -1.65. The maximum absolute atomic E-state index is 12.5. The Morgan fingerprint density at radius 2 is 1.74 bits per heavy atom. The third kappa shape index (κ3) is 2.20. The van der Waals surface area contributed by atoms with Gasteiger partial charge in [-0.15, -0.1) is 0 Å². The van der Waals surface area contributed by atoms with E-state index >= 15 is 0 Å². The molecule has 23 heavy (non-hydrogen) atoms. The molecule has 2 spiro atoms. The molecular weight excluding hydrogens is 312 g/mol. The molecule has 1 unspecified atom stereocenters. The smallest absolute Gasteiger partial charge is 0.223 e. The Balaban J connectivity index is 1.33. The second-order valence-corrected chi connectivity index (χ2v) is 11.3. The Bertz CT molecular complexity index is 635. The third-order valence-electron chi connectivity index (χ3n) is 7.42. The standard InChI is InChI=1S/C17H28N2O3S/c1-15(2)13(9-23(21,22)19(15)3)18-14(20)12-7-17(8-12)10-16(11-17)5-4-6-16/h12-13H,4-11H2,1-3H3,(H,18,20). The van der Waals surface area contributed by atoms with Crippen molar-refractivity contribution in [2.75, 3.05) is 12.8 Å². The van der Waals surface area contributed by atoms with Gasteiger partial charge in [-0.25, -0.2) is 8.42 Å². The highest BCUT2D eigenvalue weighted by Gasteiger charge is 2.62. The van der Waals surface area contributed by atoms with Crippen LogP contribution < -0.4 is 5.32 Å². The zero-order valence-electron chi connectivity index (χ0n) is 14.4. The summed E-state index contributed by atoms with van der Waals surface area (Å²) in [6.07, 6.45) is 8.86. The summed E-state index contributed by atoms with van der Waals surface area (Å²) in [4.78, 5) is 12.5. The van der Waals surface area contributed by atoms with E-state index in [2.05, 4.69) is 5.32 Å². The van der Waals surface area contributed by atoms with Gasteiger partial charge in [0, 0.05) is 13.0 Å². The fraction of sp³-hybridized carbons (Fsp3) is 0.941. The van der Waals surface area contributed by atoms with E-state index in [1.165, 1.54) is 36.4 Å². The van der Waals surface area contributed by atoms with Gasteiger partial charge >= 0.3 is 0 Å². The number of nitrogens with one attached hydrogen (secondary N) is 1. The van der Waals surface area contributed by atoms with Gasteiger partial charge in [0.1, 0.15) is 0 Å². The molecule has 4 fully saturated rings. The lowest BCUT2D eigenvalue weighted by atomic mass is 9.38. The average Bonchev–Trinajstić information content (AvgIpc) is 2.45. The minimum atomic E-state index is -3.25. The van der Waals surface area contributed by atoms with Gasteiger partial charge in [-0.3, -0.25) is 4.79 Å². The molecule has 0 aromatic heterocycles. The first-order valence-electron chi connectivity index (χ1n) is 8.85. The van der Waals surface area contributed by atoms with Crippen molar-refractivity contribution in [3.05, 3.63) is 0 Å². The Hall–Kier alpha value is -0.620. The first kappa shape index (κ1) is 15.9. The monoisotopic (exact) mass is 340 g/mol. The van der Waals surface area contributed by atoms with Gasteiger partial charge in [0.25, 0.3) is 0 Å². The lowest BCUT2D eigenvalue weighted by molar-refractivity contribution is -0.172. The van der Waals surface area contributed by atoms with Crippen LogP contribution in [-0.2, 0) is 14.8 Å². The topological polar surface area (TPSA) is 66.5 Å². The maximum Gasteiger partial charge on any atom is 0.223 e. The van der Waals surface area contributed by atoms with Crippen LogP contribution in [0.2, 0.25) is 0 Å². The average molecular weight is 340 g/mol. The number of amides is 1. The van der Waals surface area contributed by atoms with E-state index in [9.17, 15) is 13.2 Å². The van der Waals surface area contributed by atoms with E-state index < -0.39 is 15.6 Å². The third-order valence-corrected chi connectivity index (χ3v) is 9.48. The van der Waals surface area contributed by atoms with Crippen molar-refractivity contribution < 1.29 is 13.2 Å². The first-order chi connectivity index (χ1) is 10.6. The van der Waals surface area contributed by atoms with Gasteiger partial charge < -0.3 is 5.32 Å². The van der Waals surface area contributed by atoms with Crippen molar-refractivity contribution >= 4 is 15.9 Å². The molecule has 1 aliphatic heterocycles. The zero-order valence-corrected chi connectivity index (χ0v) is 15.2. The zero-order chi connectivity index (χ0) is 16.7. The Kier molecular flexibility index (Phi) is 3.11. The van der Waals surface area contributed by atoms with Gasteiger partial charge in [-0.05, 0) is 63.2 Å². The lowest BCUT2D eigenvalue weighted by Crippen LogP contribution is -2.60. The molecule has 1 heterocycles. The second kappa shape index (κ2) is 4.51. The van der Waals surface area contributed by atoms with Gasteiger partial charge in [0.05, 0.1) is 17.3 Å². The van der Waals surface area contributed by atoms with Gasteiger partial charge in [-0.2, -0.15) is 4.31 Å². The Morgan fingerprint density at radius 3 is 2.17 bits per heavy atom. The SMILES string of the molecule is CN1C(C)(C)C(NC(=O)C2CC3(C2)CC2(CCC2)C3)CS1(=O)=O. The highest BCUT2D eigenvalue weighted by Crippen LogP contribution is 2.72. The van der Waals surface area contributed by atoms with Gasteiger partial charge in [0.15, 0.2) is 0 Å². The number of hydrogen-bond donors (Lipinski definition) is 1. The highest BCUT2D eigenvalue weighted by molar-refractivity contribution is 7.89. The van der Waals surface area contributed by atoms with E-state index in [4.69, 9.17) is 0 Å². The minimum Gasteiger partial charge on any atom is -0.350 e. The van der Waals surface area contributed by atoms with Crippen molar-refractivity contribution in [2.24, 2.45) is 16.7 Å². The predicted octanol–water partition coefficient (Wildman–Crippen LogP) is 1.89. The van der Waals surface area contributed by atoms with Crippen LogP contribution in [0, 0.1) is 16.7 Å². The molecular formula is C17H28N2O3S. The largest absolute Gasteiger partial charge is 0.350 e. The van der Waals surface area contributed by atoms with Crippen molar-refractivity contribution in [3.63, 3.8) is 0 Å². The van der Waals surface area contributed by atoms with Crippen LogP contribution in [0.1, 0.15) is 58.8 Å². The van der Waals surface area contributed by atoms with E-state index in [1.807, 2.05) is 13.8 Å². The molecule has 3 saturated carbocycles. The lowest BCUT2D eigenvalue weighted by Gasteiger charge is -2.67. The molecule has 4 rings (SSSR count). The Labute approximate surface area is 139 Å². The summed E-state index contributed by atoms with van der Waals surface area (Å²) in [6, 6.07) is -0.319. The Morgan fingerprint density at radius 1 is 1.13 bits per heavy atom. The molecule has 1 saturated heterocycles. The van der Waals surface area contributed by atoms with Crippen LogP contribution in [0.25, 0.3) is 0 Å². The van der Waals surface area contributed by atoms with Crippen LogP contribution in [0.15, 0.2) is 0 Å². The van der Waals surface area contributed by atoms with E-state index in [0.717, 1.165) is 12.8 Å². The molecule has 3 aliphatic carbocycles. The molecule has 0 bridgehead atoms. The van der Waals surface area contributed by atoms with Crippen LogP contribution in [-0.4, -0.2) is 43.0 Å². The van der Waals surface area contributed by atoms with E-state index in [-0.39, 0.29) is 23.6 Å². The maximum atomic E-state index is 12.5. The number of nitrogens with zero attached hydrogens (tertiary/aromatic N) is 1. The molecule has 4 aliphatic rings. The summed E-state index contributed by atoms with van der Waals surface area (Å²) >= 11 is 0. The normalized spacial score (nSPS) is 36.2. The summed E-state index contributed by atoms with van der Waals surface area (Å²) in [5.41, 5.74) is 0.560. The summed E-state index contributed by atoms with van der Waals surface area (Å²) in [5.74, 6) is 0.175. The number of hydrogen-bond acceptors (Lipinski definition) is 3. The number of rotatable bonds is 2. The van der Waals surface area contributed by atoms with Crippen molar-refractivity contribution in [2.45, 2.75) is 70.4 Å². The van der Waals surface area contributed by atoms with Crippen molar-refractivity contribution in [3.8, 4) is 0 Å². The first-order valence-corrected chi connectivity index (χ1v) is 10.5. The highest BCUT2D eigenvalue weighted by atomic mass is 32.2. The van der Waals surface area contributed by atoms with Crippen LogP contribution >= 0.6 is 0 Å². The molecule has 5 nitrogen and oxygen atoms in total. The molecule has 130 valence electrons. The van der Waals surface area contributed by atoms with Crippen LogP contribution in [0.3, 0.4) is 0 Å². The predicted molar refractivity (Wildman–Crippen MR) is 88.2 cm³/mol. The summed E-state index contributed by atoms with van der Waals surface area (Å²) < 4.78 is 25.5. The van der Waals surface area contributed by atoms with Crippen molar-refractivity contribution in [1.29, 1.82) is 0 Å². The fourth-order valence-electron chi connectivity index (χ4n) is 5.64. The second-order valence-electron chi connectivity index (χ2n) is 9.27. The molecule has 0 radical (unpaired) electrons. The number of likely N-dealkylation sites (N-methyl/N-ethyl adjacent to an activating group) is 1. The van der Waals surface area contributed by atoms with E-state index in [0.29, 0.717) is 10.8 Å². The molecule has 1 N–H and O–H groups in total. The molecule has 1 atom stereocenters. The number of carbonyl (C=O) groups excluding carboxylic acids is 1. The number of sulfonamides is 1. The number of carbonyl (C=O) groups is 1. The summed E-state index contributed by atoms with van der Waals surface area (Å²) in [5, 5.41) is 3.03. The van der Waals surface area contributed by atoms with Crippen molar-refractivity contribution in [1.82, 2.24) is 9.62 Å². The minimum absolute atomic E-state index is 0.0171. The van der Waals surface area contributed by atoms with E-state index in [1.54, 1.807) is 7.05 Å². The summed E-state index contributed by atoms with van der Waals surface area (Å²) in [6.45, 7) is 3.77. The van der Waals surface area contributed by atoms with Crippen LogP contribution in [0.5, 0.6) is 0 Å². The van der Waals surface area contributed by atoms with Gasteiger partial charge in [0.2, 0.25) is 15.9 Å². The molecule has 1 amide bonds. The molecule has 0 aromatic rings. The van der Waals surface area contributed by atoms with Crippen LogP contribution in [0.4, 0.5) is 0 Å².